The predicted molar refractivity (Wildman–Crippen MR) is 148 cm³/mol. The summed E-state index contributed by atoms with van der Waals surface area (Å²) in [6, 6.07) is 10.4. The number of halogens is 3. The molecule has 2 aliphatic rings. The van der Waals surface area contributed by atoms with E-state index in [1.165, 1.54) is 12.1 Å². The maximum atomic E-state index is 14.1. The third-order valence-corrected chi connectivity index (χ3v) is 7.92. The zero-order chi connectivity index (χ0) is 27.0. The van der Waals surface area contributed by atoms with E-state index < -0.39 is 11.9 Å². The van der Waals surface area contributed by atoms with Gasteiger partial charge in [0.25, 0.3) is 0 Å². The first kappa shape index (κ1) is 26.5. The van der Waals surface area contributed by atoms with Gasteiger partial charge < -0.3 is 24.9 Å². The molecule has 0 amide bonds. The van der Waals surface area contributed by atoms with Gasteiger partial charge in [0, 0.05) is 60.3 Å². The van der Waals surface area contributed by atoms with Crippen LogP contribution in [0.5, 0.6) is 11.5 Å². The van der Waals surface area contributed by atoms with Crippen molar-refractivity contribution in [1.29, 1.82) is 0 Å². The van der Waals surface area contributed by atoms with E-state index in [0.717, 1.165) is 54.1 Å². The molecular weight excluding hydrogens is 530 g/mol. The molecule has 1 aromatic heterocycles. The molecule has 2 aromatic carbocycles. The molecule has 0 radical (unpaired) electrons. The monoisotopic (exact) mass is 558 g/mol. The predicted octanol–water partition coefficient (Wildman–Crippen LogP) is 6.51. The van der Waals surface area contributed by atoms with Crippen molar-refractivity contribution in [2.24, 2.45) is 5.16 Å². The Kier molecular flexibility index (Phi) is 7.40. The summed E-state index contributed by atoms with van der Waals surface area (Å²) in [6.07, 6.45) is 3.52. The standard InChI is InChI=1S/C28H29Cl2FN4O3/c1-16(25-20(29)5-6-21(31)26(25)30)37-24-13-18(15-33-27(24)32)17-4-7-23-19(12-17)22(34-36-3)14-28(38-23)8-10-35(2)11-9-28/h4-7,12-13,15-16H,8-11,14H2,1-3H3,(H2,32,33)/b34-22+/t16-/m1/s1. The van der Waals surface area contributed by atoms with E-state index in [1.54, 1.807) is 26.3 Å². The SMILES string of the molecule is CO/N=C1\CC2(CCN(C)CC2)Oc2ccc(-c3cnc(N)c(O[C@H](C)c4c(Cl)ccc(F)c4Cl)c3)cc21. The second-order valence-electron chi connectivity index (χ2n) is 9.82. The molecule has 0 unspecified atom stereocenters. The number of oxime groups is 1. The molecule has 7 nitrogen and oxygen atoms in total. The molecule has 10 heteroatoms. The molecule has 1 saturated heterocycles. The summed E-state index contributed by atoms with van der Waals surface area (Å²) in [5, 5.41) is 4.58. The molecule has 1 spiro atoms. The molecule has 1 fully saturated rings. The number of hydrogen-bond donors (Lipinski definition) is 1. The van der Waals surface area contributed by atoms with Crippen LogP contribution in [-0.2, 0) is 4.84 Å². The number of fused-ring (bicyclic) bond motifs is 1. The number of pyridine rings is 1. The zero-order valence-electron chi connectivity index (χ0n) is 21.4. The van der Waals surface area contributed by atoms with Crippen molar-refractivity contribution in [3.8, 4) is 22.6 Å². The lowest BCUT2D eigenvalue weighted by Gasteiger charge is -2.44. The summed E-state index contributed by atoms with van der Waals surface area (Å²) in [6.45, 7) is 3.66. The quantitative estimate of drug-likeness (QED) is 0.283. The summed E-state index contributed by atoms with van der Waals surface area (Å²) in [5.74, 6) is 0.727. The maximum absolute atomic E-state index is 14.1. The van der Waals surface area contributed by atoms with Crippen molar-refractivity contribution in [2.75, 3.05) is 33.0 Å². The minimum Gasteiger partial charge on any atom is -0.486 e. The van der Waals surface area contributed by atoms with Gasteiger partial charge in [-0.05, 0) is 49.9 Å². The first-order valence-electron chi connectivity index (χ1n) is 12.4. The van der Waals surface area contributed by atoms with Gasteiger partial charge in [0.05, 0.1) is 10.7 Å². The number of anilines is 1. The second kappa shape index (κ2) is 10.6. The average molecular weight is 559 g/mol. The van der Waals surface area contributed by atoms with E-state index in [9.17, 15) is 4.39 Å². The minimum absolute atomic E-state index is 0.0882. The topological polar surface area (TPSA) is 82.2 Å². The van der Waals surface area contributed by atoms with Crippen molar-refractivity contribution in [2.45, 2.75) is 37.9 Å². The Labute approximate surface area is 231 Å². The zero-order valence-corrected chi connectivity index (χ0v) is 22.9. The van der Waals surface area contributed by atoms with Crippen LogP contribution in [-0.4, -0.2) is 48.4 Å². The third kappa shape index (κ3) is 5.13. The first-order chi connectivity index (χ1) is 18.2. The van der Waals surface area contributed by atoms with Crippen molar-refractivity contribution in [1.82, 2.24) is 9.88 Å². The highest BCUT2D eigenvalue weighted by atomic mass is 35.5. The number of ether oxygens (including phenoxy) is 2. The highest BCUT2D eigenvalue weighted by Gasteiger charge is 2.42. The van der Waals surface area contributed by atoms with Crippen LogP contribution in [0, 0.1) is 5.82 Å². The third-order valence-electron chi connectivity index (χ3n) is 7.21. The van der Waals surface area contributed by atoms with Crippen LogP contribution in [0.1, 0.15) is 43.4 Å². The van der Waals surface area contributed by atoms with Gasteiger partial charge in [0.2, 0.25) is 0 Å². The number of nitrogens with zero attached hydrogens (tertiary/aromatic N) is 3. The Hall–Kier alpha value is -3.07. The summed E-state index contributed by atoms with van der Waals surface area (Å²) < 4.78 is 26.7. The number of benzene rings is 2. The summed E-state index contributed by atoms with van der Waals surface area (Å²) in [5.41, 5.74) is 9.56. The number of rotatable bonds is 5. The Bertz CT molecular complexity index is 1390. The number of hydrogen-bond acceptors (Lipinski definition) is 7. The van der Waals surface area contributed by atoms with E-state index in [1.807, 2.05) is 18.2 Å². The number of aromatic nitrogens is 1. The number of nitrogen functional groups attached to an aromatic ring is 1. The van der Waals surface area contributed by atoms with Crippen LogP contribution < -0.4 is 15.2 Å². The molecule has 0 saturated carbocycles. The van der Waals surface area contributed by atoms with E-state index in [4.69, 9.17) is 43.2 Å². The van der Waals surface area contributed by atoms with Crippen LogP contribution in [0.15, 0.2) is 47.8 Å². The van der Waals surface area contributed by atoms with Gasteiger partial charge in [-0.2, -0.15) is 0 Å². The fraction of sp³-hybridized carbons (Fsp3) is 0.357. The van der Waals surface area contributed by atoms with Gasteiger partial charge in [0.15, 0.2) is 11.6 Å². The molecule has 3 aromatic rings. The van der Waals surface area contributed by atoms with Crippen LogP contribution in [0.25, 0.3) is 11.1 Å². The largest absolute Gasteiger partial charge is 0.486 e. The summed E-state index contributed by atoms with van der Waals surface area (Å²) in [4.78, 5) is 11.9. The van der Waals surface area contributed by atoms with E-state index >= 15 is 0 Å². The first-order valence-corrected chi connectivity index (χ1v) is 13.1. The van der Waals surface area contributed by atoms with E-state index in [2.05, 4.69) is 22.1 Å². The molecule has 0 bridgehead atoms. The number of nitrogens with two attached hydrogens (primary N) is 1. The van der Waals surface area contributed by atoms with Gasteiger partial charge in [-0.25, -0.2) is 9.37 Å². The average Bonchev–Trinajstić information content (AvgIpc) is 2.90. The minimum atomic E-state index is -0.673. The molecule has 3 heterocycles. The molecule has 200 valence electrons. The molecular formula is C28H29Cl2FN4O3. The van der Waals surface area contributed by atoms with Crippen molar-refractivity contribution in [3.63, 3.8) is 0 Å². The molecule has 0 aliphatic carbocycles. The molecule has 1 atom stereocenters. The second-order valence-corrected chi connectivity index (χ2v) is 10.6. The Balaban J connectivity index is 1.46. The number of piperidine rings is 1. The lowest BCUT2D eigenvalue weighted by Crippen LogP contribution is -2.50. The highest BCUT2D eigenvalue weighted by Crippen LogP contribution is 2.42. The Morgan fingerprint density at radius 2 is 1.92 bits per heavy atom. The molecule has 5 rings (SSSR count). The summed E-state index contributed by atoms with van der Waals surface area (Å²) in [7, 11) is 3.68. The summed E-state index contributed by atoms with van der Waals surface area (Å²) >= 11 is 12.5. The Morgan fingerprint density at radius 1 is 1.16 bits per heavy atom. The van der Waals surface area contributed by atoms with Crippen molar-refractivity contribution in [3.05, 3.63) is 69.6 Å². The van der Waals surface area contributed by atoms with Crippen LogP contribution >= 0.6 is 23.2 Å². The van der Waals surface area contributed by atoms with Gasteiger partial charge in [-0.15, -0.1) is 0 Å². The van der Waals surface area contributed by atoms with Crippen LogP contribution in [0.2, 0.25) is 10.0 Å². The maximum Gasteiger partial charge on any atom is 0.166 e. The fourth-order valence-electron chi connectivity index (χ4n) is 5.06. The molecule has 38 heavy (non-hydrogen) atoms. The number of likely N-dealkylation sites (tertiary alicyclic amines) is 1. The fourth-order valence-corrected chi connectivity index (χ4v) is 5.74. The van der Waals surface area contributed by atoms with Crippen molar-refractivity contribution >= 4 is 34.7 Å². The van der Waals surface area contributed by atoms with Gasteiger partial charge >= 0.3 is 0 Å². The molecule has 2 N–H and O–H groups in total. The van der Waals surface area contributed by atoms with Crippen molar-refractivity contribution < 1.29 is 18.7 Å². The normalized spacial score (nSPS) is 18.6. The van der Waals surface area contributed by atoms with Gasteiger partial charge in [-0.3, -0.25) is 0 Å². The van der Waals surface area contributed by atoms with Crippen LogP contribution in [0.3, 0.4) is 0 Å². The lowest BCUT2D eigenvalue weighted by molar-refractivity contribution is 0.00881. The van der Waals surface area contributed by atoms with Gasteiger partial charge in [0.1, 0.15) is 30.4 Å². The molecule has 2 aliphatic heterocycles. The Morgan fingerprint density at radius 3 is 2.66 bits per heavy atom. The smallest absolute Gasteiger partial charge is 0.166 e. The van der Waals surface area contributed by atoms with Gasteiger partial charge in [-0.1, -0.05) is 34.4 Å². The van der Waals surface area contributed by atoms with E-state index in [-0.39, 0.29) is 16.4 Å². The highest BCUT2D eigenvalue weighted by molar-refractivity contribution is 6.36. The van der Waals surface area contributed by atoms with Crippen LogP contribution in [0.4, 0.5) is 10.2 Å². The lowest BCUT2D eigenvalue weighted by atomic mass is 9.81. The van der Waals surface area contributed by atoms with E-state index in [0.29, 0.717) is 22.8 Å².